The Morgan fingerprint density at radius 3 is 2.47 bits per heavy atom. The van der Waals surface area contributed by atoms with Crippen LogP contribution in [0, 0.1) is 11.2 Å². The summed E-state index contributed by atoms with van der Waals surface area (Å²) in [6.07, 6.45) is 1.90. The number of fused-ring (bicyclic) bond motifs is 1. The van der Waals surface area contributed by atoms with E-state index in [0.29, 0.717) is 11.9 Å². The lowest BCUT2D eigenvalue weighted by Crippen LogP contribution is -2.08. The third kappa shape index (κ3) is 2.27. The van der Waals surface area contributed by atoms with Crippen LogP contribution in [-0.4, -0.2) is 4.57 Å². The first-order valence-electron chi connectivity index (χ1n) is 6.11. The number of aromatic nitrogens is 1. The van der Waals surface area contributed by atoms with E-state index in [-0.39, 0.29) is 5.82 Å². The molecular weight excluding hydrogens is 239 g/mol. The van der Waals surface area contributed by atoms with Gasteiger partial charge in [0.25, 0.3) is 0 Å². The van der Waals surface area contributed by atoms with Crippen molar-refractivity contribution in [1.29, 1.82) is 5.41 Å². The van der Waals surface area contributed by atoms with Gasteiger partial charge >= 0.3 is 0 Å². The van der Waals surface area contributed by atoms with Gasteiger partial charge in [0.05, 0.1) is 10.9 Å². The molecular formula is C16H13FN2. The number of nitrogens with one attached hydrogen (secondary N) is 1. The number of benzene rings is 2. The Bertz CT molecular complexity index is 773. The van der Waals surface area contributed by atoms with Gasteiger partial charge in [-0.3, -0.25) is 0 Å². The molecule has 0 spiro atoms. The fourth-order valence-electron chi connectivity index (χ4n) is 2.21. The lowest BCUT2D eigenvalue weighted by atomic mass is 10.1. The lowest BCUT2D eigenvalue weighted by molar-refractivity contribution is 0.626. The zero-order valence-electron chi connectivity index (χ0n) is 10.3. The zero-order valence-corrected chi connectivity index (χ0v) is 10.3. The molecule has 3 heteroatoms. The van der Waals surface area contributed by atoms with Crippen LogP contribution in [0.2, 0.25) is 0 Å². The molecule has 0 atom stereocenters. The maximum atomic E-state index is 12.9. The molecule has 0 unspecified atom stereocenters. The number of nitrogens with zero attached hydrogens (tertiary/aromatic N) is 1. The predicted molar refractivity (Wildman–Crippen MR) is 73.3 cm³/mol. The van der Waals surface area contributed by atoms with Crippen molar-refractivity contribution < 1.29 is 4.39 Å². The molecule has 2 nitrogen and oxygen atoms in total. The highest BCUT2D eigenvalue weighted by Crippen LogP contribution is 2.12. The van der Waals surface area contributed by atoms with Crippen molar-refractivity contribution in [2.75, 3.05) is 0 Å². The molecule has 3 rings (SSSR count). The quantitative estimate of drug-likeness (QED) is 0.725. The van der Waals surface area contributed by atoms with Crippen LogP contribution in [0.25, 0.3) is 10.9 Å². The van der Waals surface area contributed by atoms with Crippen LogP contribution in [0.3, 0.4) is 0 Å². The lowest BCUT2D eigenvalue weighted by Gasteiger charge is -2.11. The Hall–Kier alpha value is -2.42. The van der Waals surface area contributed by atoms with Crippen LogP contribution in [0.5, 0.6) is 0 Å². The molecule has 0 bridgehead atoms. The summed E-state index contributed by atoms with van der Waals surface area (Å²) in [4.78, 5) is 0. The van der Waals surface area contributed by atoms with Gasteiger partial charge in [-0.25, -0.2) is 4.39 Å². The number of rotatable bonds is 2. The molecule has 0 aliphatic rings. The van der Waals surface area contributed by atoms with Crippen molar-refractivity contribution in [3.05, 3.63) is 77.5 Å². The number of para-hydroxylation sites is 1. The Labute approximate surface area is 110 Å². The molecule has 0 fully saturated rings. The summed E-state index contributed by atoms with van der Waals surface area (Å²) < 4.78 is 15.0. The van der Waals surface area contributed by atoms with Crippen LogP contribution in [0.15, 0.2) is 60.8 Å². The molecule has 1 N–H and O–H groups in total. The molecule has 0 amide bonds. The average molecular weight is 252 g/mol. The molecule has 1 aromatic heterocycles. The second-order valence-corrected chi connectivity index (χ2v) is 4.50. The first kappa shape index (κ1) is 11.7. The second-order valence-electron chi connectivity index (χ2n) is 4.50. The summed E-state index contributed by atoms with van der Waals surface area (Å²) in [5.41, 5.74) is 2.05. The van der Waals surface area contributed by atoms with Crippen molar-refractivity contribution in [3.63, 3.8) is 0 Å². The fourth-order valence-corrected chi connectivity index (χ4v) is 2.21. The fraction of sp³-hybridized carbons (Fsp3) is 0.0625. The number of halogens is 1. The van der Waals surface area contributed by atoms with Gasteiger partial charge in [0.2, 0.25) is 0 Å². The smallest absolute Gasteiger partial charge is 0.123 e. The van der Waals surface area contributed by atoms with Crippen LogP contribution >= 0.6 is 0 Å². The maximum absolute atomic E-state index is 12.9. The zero-order chi connectivity index (χ0) is 13.2. The number of pyridine rings is 1. The molecule has 0 aliphatic heterocycles. The standard InChI is InChI=1S/C16H13FN2/c17-13-7-5-12(6-8-13)11-19-10-9-15(18)14-3-1-2-4-16(14)19/h1-10,18H,11H2. The second kappa shape index (κ2) is 4.69. The van der Waals surface area contributed by atoms with Crippen molar-refractivity contribution in [2.45, 2.75) is 6.54 Å². The minimum atomic E-state index is -0.222. The Morgan fingerprint density at radius 1 is 0.947 bits per heavy atom. The van der Waals surface area contributed by atoms with Crippen LogP contribution in [-0.2, 0) is 6.54 Å². The third-order valence-electron chi connectivity index (χ3n) is 3.19. The van der Waals surface area contributed by atoms with E-state index in [2.05, 4.69) is 4.57 Å². The third-order valence-corrected chi connectivity index (χ3v) is 3.19. The molecule has 19 heavy (non-hydrogen) atoms. The SMILES string of the molecule is N=c1ccn(Cc2ccc(F)cc2)c2ccccc12. The highest BCUT2D eigenvalue weighted by molar-refractivity contribution is 5.78. The van der Waals surface area contributed by atoms with E-state index < -0.39 is 0 Å². The molecule has 94 valence electrons. The molecule has 1 heterocycles. The van der Waals surface area contributed by atoms with E-state index in [1.807, 2.05) is 30.5 Å². The first-order chi connectivity index (χ1) is 9.24. The van der Waals surface area contributed by atoms with E-state index in [1.165, 1.54) is 12.1 Å². The van der Waals surface area contributed by atoms with Crippen molar-refractivity contribution in [3.8, 4) is 0 Å². The van der Waals surface area contributed by atoms with Gasteiger partial charge in [-0.1, -0.05) is 30.3 Å². The van der Waals surface area contributed by atoms with E-state index in [4.69, 9.17) is 5.41 Å². The normalized spacial score (nSPS) is 10.8. The van der Waals surface area contributed by atoms with Gasteiger partial charge in [-0.15, -0.1) is 0 Å². The van der Waals surface area contributed by atoms with Gasteiger partial charge < -0.3 is 9.98 Å². The summed E-state index contributed by atoms with van der Waals surface area (Å²) in [6, 6.07) is 16.1. The molecule has 3 aromatic rings. The summed E-state index contributed by atoms with van der Waals surface area (Å²) in [7, 11) is 0. The minimum Gasteiger partial charge on any atom is -0.343 e. The minimum absolute atomic E-state index is 0.222. The molecule has 0 radical (unpaired) electrons. The van der Waals surface area contributed by atoms with E-state index >= 15 is 0 Å². The van der Waals surface area contributed by atoms with Crippen LogP contribution in [0.1, 0.15) is 5.56 Å². The van der Waals surface area contributed by atoms with Crippen molar-refractivity contribution in [1.82, 2.24) is 4.57 Å². The van der Waals surface area contributed by atoms with Crippen molar-refractivity contribution in [2.24, 2.45) is 0 Å². The maximum Gasteiger partial charge on any atom is 0.123 e. The van der Waals surface area contributed by atoms with Crippen LogP contribution < -0.4 is 5.36 Å². The van der Waals surface area contributed by atoms with Gasteiger partial charge in [0.15, 0.2) is 0 Å². The average Bonchev–Trinajstić information content (AvgIpc) is 2.45. The first-order valence-corrected chi connectivity index (χ1v) is 6.11. The van der Waals surface area contributed by atoms with E-state index in [0.717, 1.165) is 16.5 Å². The van der Waals surface area contributed by atoms with Crippen LogP contribution in [0.4, 0.5) is 4.39 Å². The summed E-state index contributed by atoms with van der Waals surface area (Å²) >= 11 is 0. The molecule has 0 saturated heterocycles. The Kier molecular flexibility index (Phi) is 2.88. The molecule has 2 aromatic carbocycles. The highest BCUT2D eigenvalue weighted by Gasteiger charge is 2.01. The summed E-state index contributed by atoms with van der Waals surface area (Å²) in [5, 5.41) is 9.35. The largest absolute Gasteiger partial charge is 0.343 e. The monoisotopic (exact) mass is 252 g/mol. The Morgan fingerprint density at radius 2 is 1.68 bits per heavy atom. The Balaban J connectivity index is 2.08. The highest BCUT2D eigenvalue weighted by atomic mass is 19.1. The molecule has 0 aliphatic carbocycles. The number of hydrogen-bond donors (Lipinski definition) is 1. The summed E-state index contributed by atoms with van der Waals surface area (Å²) in [6.45, 7) is 0.668. The summed E-state index contributed by atoms with van der Waals surface area (Å²) in [5.74, 6) is -0.222. The van der Waals surface area contributed by atoms with Gasteiger partial charge in [0.1, 0.15) is 5.82 Å². The van der Waals surface area contributed by atoms with E-state index in [1.54, 1.807) is 18.2 Å². The van der Waals surface area contributed by atoms with E-state index in [9.17, 15) is 4.39 Å². The van der Waals surface area contributed by atoms with Gasteiger partial charge in [0, 0.05) is 18.1 Å². The molecule has 0 saturated carbocycles. The predicted octanol–water partition coefficient (Wildman–Crippen LogP) is 3.31. The van der Waals surface area contributed by atoms with Crippen molar-refractivity contribution >= 4 is 10.9 Å². The topological polar surface area (TPSA) is 28.8 Å². The van der Waals surface area contributed by atoms with Gasteiger partial charge in [-0.2, -0.15) is 0 Å². The van der Waals surface area contributed by atoms with Gasteiger partial charge in [-0.05, 0) is 29.8 Å². The number of hydrogen-bond acceptors (Lipinski definition) is 1.